The van der Waals surface area contributed by atoms with Gasteiger partial charge in [-0.3, -0.25) is 4.79 Å². The average Bonchev–Trinajstić information content (AvgIpc) is 2.84. The van der Waals surface area contributed by atoms with Crippen molar-refractivity contribution in [2.75, 3.05) is 43.6 Å². The summed E-state index contributed by atoms with van der Waals surface area (Å²) in [4.78, 5) is 22.6. The number of nitrogens with two attached hydrogens (primary N) is 1. The second kappa shape index (κ2) is 10.2. The molecular weight excluding hydrogens is 499 g/mol. The largest absolute Gasteiger partial charge is 0.496 e. The normalized spacial score (nSPS) is 16.2. The first-order chi connectivity index (χ1) is 17.4. The fraction of sp³-hybridized carbons (Fsp3) is 0.423. The van der Waals surface area contributed by atoms with E-state index in [4.69, 9.17) is 10.5 Å². The molecule has 1 fully saturated rings. The topological polar surface area (TPSA) is 110 Å². The minimum atomic E-state index is -2.86. The molecule has 1 saturated heterocycles. The molecule has 2 aromatic carbocycles. The number of nitrogens with zero attached hydrogens (tertiary/aromatic N) is 3. The molecule has 3 N–H and O–H groups in total. The first kappa shape index (κ1) is 26.8. The highest BCUT2D eigenvalue weighted by Crippen LogP contribution is 2.49. The molecule has 1 aliphatic heterocycles. The number of nitrogen functional groups attached to an aromatic ring is 1. The standard InChI is InChI=1S/C26H32F2N5O3P/c1-14-19(10-18(29)11-20(14)25(27)28)15(2)30-26-21-12-24(23(36-5)13-22(21)31-16(3)32-26)37(35)8-6-33(7-9-37)17(4)34/h10-13,15,25H,6-9,29H2,1-5H3,(H,30,31,32)/t15-/m1/s1. The Hall–Kier alpha value is -3.26. The van der Waals surface area contributed by atoms with Gasteiger partial charge < -0.3 is 25.3 Å². The molecular formula is C26H32F2N5O3P. The lowest BCUT2D eigenvalue weighted by Crippen LogP contribution is -2.40. The molecule has 8 nitrogen and oxygen atoms in total. The third kappa shape index (κ3) is 5.25. The van der Waals surface area contributed by atoms with Gasteiger partial charge in [0.25, 0.3) is 6.43 Å². The number of ether oxygens (including phenoxy) is 1. The molecule has 0 saturated carbocycles. The lowest BCUT2D eigenvalue weighted by atomic mass is 9.96. The van der Waals surface area contributed by atoms with Crippen LogP contribution in [0.5, 0.6) is 5.75 Å². The quantitative estimate of drug-likeness (QED) is 0.347. The maximum Gasteiger partial charge on any atom is 0.264 e. The lowest BCUT2D eigenvalue weighted by Gasteiger charge is -2.32. The zero-order valence-corrected chi connectivity index (χ0v) is 22.5. The number of rotatable bonds is 6. The Balaban J connectivity index is 1.78. The number of methoxy groups -OCH3 is 1. The molecule has 2 heterocycles. The summed E-state index contributed by atoms with van der Waals surface area (Å²) in [7, 11) is -1.33. The highest BCUT2D eigenvalue weighted by atomic mass is 31.2. The third-order valence-electron chi connectivity index (χ3n) is 7.02. The van der Waals surface area contributed by atoms with Crippen molar-refractivity contribution in [3.8, 4) is 5.75 Å². The number of carbonyl (C=O) groups is 1. The summed E-state index contributed by atoms with van der Waals surface area (Å²) < 4.78 is 46.8. The second-order valence-corrected chi connectivity index (χ2v) is 12.6. The van der Waals surface area contributed by atoms with Crippen molar-refractivity contribution in [1.82, 2.24) is 14.9 Å². The van der Waals surface area contributed by atoms with Gasteiger partial charge in [-0.25, -0.2) is 18.7 Å². The van der Waals surface area contributed by atoms with Gasteiger partial charge in [0, 0.05) is 55.0 Å². The number of amides is 1. The van der Waals surface area contributed by atoms with Crippen molar-refractivity contribution < 1.29 is 22.9 Å². The van der Waals surface area contributed by atoms with Crippen LogP contribution in [-0.4, -0.2) is 53.3 Å². The van der Waals surface area contributed by atoms with Crippen molar-refractivity contribution >= 4 is 40.8 Å². The van der Waals surface area contributed by atoms with Crippen molar-refractivity contribution in [2.24, 2.45) is 0 Å². The summed E-state index contributed by atoms with van der Waals surface area (Å²) in [6.07, 6.45) is -1.92. The Labute approximate surface area is 215 Å². The number of anilines is 2. The van der Waals surface area contributed by atoms with Gasteiger partial charge in [-0.1, -0.05) is 0 Å². The van der Waals surface area contributed by atoms with E-state index in [2.05, 4.69) is 15.3 Å². The van der Waals surface area contributed by atoms with Crippen LogP contribution in [-0.2, 0) is 9.36 Å². The number of aryl methyl sites for hydroxylation is 1. The van der Waals surface area contributed by atoms with E-state index in [-0.39, 0.29) is 17.2 Å². The van der Waals surface area contributed by atoms with E-state index in [1.165, 1.54) is 20.1 Å². The molecule has 1 amide bonds. The summed E-state index contributed by atoms with van der Waals surface area (Å²) >= 11 is 0. The molecule has 0 unspecified atom stereocenters. The summed E-state index contributed by atoms with van der Waals surface area (Å²) in [5.41, 5.74) is 7.79. The van der Waals surface area contributed by atoms with Crippen LogP contribution in [0.1, 0.15) is 48.8 Å². The first-order valence-electron chi connectivity index (χ1n) is 12.1. The molecule has 3 aromatic rings. The third-order valence-corrected chi connectivity index (χ3v) is 10.1. The van der Waals surface area contributed by atoms with E-state index in [9.17, 15) is 18.1 Å². The van der Waals surface area contributed by atoms with Gasteiger partial charge in [-0.15, -0.1) is 0 Å². The van der Waals surface area contributed by atoms with E-state index in [0.717, 1.165) is 0 Å². The summed E-state index contributed by atoms with van der Waals surface area (Å²) in [5, 5.41) is 4.58. The number of hydrogen-bond acceptors (Lipinski definition) is 7. The number of carbonyl (C=O) groups excluding carboxylic acids is 1. The Bertz CT molecular complexity index is 1400. The van der Waals surface area contributed by atoms with Crippen molar-refractivity contribution in [1.29, 1.82) is 0 Å². The zero-order chi connectivity index (χ0) is 27.1. The lowest BCUT2D eigenvalue weighted by molar-refractivity contribution is -0.128. The molecule has 1 aliphatic rings. The average molecular weight is 532 g/mol. The number of aromatic nitrogens is 2. The monoisotopic (exact) mass is 531 g/mol. The van der Waals surface area contributed by atoms with Crippen LogP contribution in [0, 0.1) is 13.8 Å². The Morgan fingerprint density at radius 1 is 1.14 bits per heavy atom. The van der Waals surface area contributed by atoms with Crippen LogP contribution >= 0.6 is 7.14 Å². The van der Waals surface area contributed by atoms with E-state index in [1.54, 1.807) is 30.9 Å². The van der Waals surface area contributed by atoms with Crippen LogP contribution in [0.4, 0.5) is 20.3 Å². The van der Waals surface area contributed by atoms with Crippen LogP contribution in [0.25, 0.3) is 10.9 Å². The Kier molecular flexibility index (Phi) is 7.42. The number of benzene rings is 2. The maximum atomic E-state index is 14.1. The molecule has 1 aromatic heterocycles. The number of alkyl halides is 2. The summed E-state index contributed by atoms with van der Waals surface area (Å²) in [6.45, 7) is 7.61. The van der Waals surface area contributed by atoms with Crippen LogP contribution < -0.4 is 21.1 Å². The van der Waals surface area contributed by atoms with E-state index in [0.29, 0.717) is 70.1 Å². The molecule has 0 aliphatic carbocycles. The Morgan fingerprint density at radius 3 is 2.38 bits per heavy atom. The molecule has 11 heteroatoms. The molecule has 4 rings (SSSR count). The zero-order valence-electron chi connectivity index (χ0n) is 21.6. The van der Waals surface area contributed by atoms with Crippen LogP contribution in [0.15, 0.2) is 24.3 Å². The first-order valence-corrected chi connectivity index (χ1v) is 14.2. The second-order valence-electron chi connectivity index (χ2n) is 9.49. The highest BCUT2D eigenvalue weighted by molar-refractivity contribution is 7.72. The van der Waals surface area contributed by atoms with E-state index < -0.39 is 19.6 Å². The van der Waals surface area contributed by atoms with Gasteiger partial charge in [-0.05, 0) is 50.1 Å². The number of fused-ring (bicyclic) bond motifs is 1. The molecule has 0 spiro atoms. The Morgan fingerprint density at radius 2 is 1.78 bits per heavy atom. The SMILES string of the molecule is COc1cc2nc(C)nc(N[C@H](C)c3cc(N)cc(C(F)F)c3C)c2cc1P1(=O)CCN(C(C)=O)CC1. The van der Waals surface area contributed by atoms with Gasteiger partial charge in [0.05, 0.1) is 24.0 Å². The fourth-order valence-corrected chi connectivity index (χ4v) is 7.70. The number of nitrogens with one attached hydrogen (secondary N) is 1. The predicted octanol–water partition coefficient (Wildman–Crippen LogP) is 4.80. The molecule has 37 heavy (non-hydrogen) atoms. The smallest absolute Gasteiger partial charge is 0.264 e. The van der Waals surface area contributed by atoms with Crippen molar-refractivity contribution in [3.05, 3.63) is 46.8 Å². The van der Waals surface area contributed by atoms with Crippen LogP contribution in [0.3, 0.4) is 0 Å². The number of halogens is 2. The summed E-state index contributed by atoms with van der Waals surface area (Å²) in [5.74, 6) is 1.45. The number of hydrogen-bond donors (Lipinski definition) is 2. The molecule has 1 atom stereocenters. The van der Waals surface area contributed by atoms with E-state index in [1.807, 2.05) is 13.0 Å². The van der Waals surface area contributed by atoms with Crippen molar-refractivity contribution in [2.45, 2.75) is 40.2 Å². The highest BCUT2D eigenvalue weighted by Gasteiger charge is 2.34. The van der Waals surface area contributed by atoms with Crippen molar-refractivity contribution in [3.63, 3.8) is 0 Å². The van der Waals surface area contributed by atoms with Gasteiger partial charge >= 0.3 is 0 Å². The molecule has 0 radical (unpaired) electrons. The minimum absolute atomic E-state index is 0.0343. The predicted molar refractivity (Wildman–Crippen MR) is 143 cm³/mol. The van der Waals surface area contributed by atoms with Crippen LogP contribution in [0.2, 0.25) is 0 Å². The van der Waals surface area contributed by atoms with Gasteiger partial charge in [-0.2, -0.15) is 0 Å². The summed E-state index contributed by atoms with van der Waals surface area (Å²) in [6, 6.07) is 6.15. The maximum absolute atomic E-state index is 14.1. The van der Waals surface area contributed by atoms with Gasteiger partial charge in [0.2, 0.25) is 5.91 Å². The van der Waals surface area contributed by atoms with E-state index >= 15 is 0 Å². The van der Waals surface area contributed by atoms with Gasteiger partial charge in [0.1, 0.15) is 24.5 Å². The molecule has 198 valence electrons. The fourth-order valence-electron chi connectivity index (χ4n) is 4.94. The van der Waals surface area contributed by atoms with Gasteiger partial charge in [0.15, 0.2) is 0 Å². The molecule has 0 bridgehead atoms. The minimum Gasteiger partial charge on any atom is -0.496 e.